The average Bonchev–Trinajstić information content (AvgIpc) is 3.69. The van der Waals surface area contributed by atoms with E-state index in [-0.39, 0.29) is 17.5 Å². The lowest BCUT2D eigenvalue weighted by Gasteiger charge is -2.32. The summed E-state index contributed by atoms with van der Waals surface area (Å²) in [5.41, 5.74) is 8.73. The molecule has 1 aliphatic heterocycles. The maximum atomic E-state index is 13.1. The molecule has 3 heterocycles. The van der Waals surface area contributed by atoms with Crippen molar-refractivity contribution in [3.05, 3.63) is 72.6 Å². The van der Waals surface area contributed by atoms with E-state index in [1.807, 2.05) is 65.4 Å². The van der Waals surface area contributed by atoms with E-state index in [9.17, 15) is 10.1 Å². The molecule has 2 aliphatic rings. The molecular formula is C29H27N7O2. The molecule has 0 spiro atoms. The molecule has 38 heavy (non-hydrogen) atoms. The predicted molar refractivity (Wildman–Crippen MR) is 143 cm³/mol. The van der Waals surface area contributed by atoms with Crippen molar-refractivity contribution in [3.63, 3.8) is 0 Å². The standard InChI is InChI=1S/C29H27N7O2/c30-16-21(15-19-8-9-19)29(37)35-14-4-5-22(17-35)36-28-25(27(31)32-18-33-28)26(34-36)20-10-12-24(13-11-20)38-23-6-2-1-3-7-23/h1-3,6-7,10-13,15,18-19,22H,4-5,8-9,14,17H2,(H2,31,32,33)/b21-15+. The van der Waals surface area contributed by atoms with Crippen LogP contribution < -0.4 is 10.5 Å². The van der Waals surface area contributed by atoms with Crippen LogP contribution in [0, 0.1) is 17.2 Å². The highest BCUT2D eigenvalue weighted by Crippen LogP contribution is 2.35. The van der Waals surface area contributed by atoms with Gasteiger partial charge >= 0.3 is 0 Å². The molecule has 1 aliphatic carbocycles. The van der Waals surface area contributed by atoms with Crippen LogP contribution in [0.2, 0.25) is 0 Å². The molecule has 2 aromatic heterocycles. The number of nitriles is 1. The minimum atomic E-state index is -0.205. The highest BCUT2D eigenvalue weighted by atomic mass is 16.5. The number of nitrogen functional groups attached to an aromatic ring is 1. The van der Waals surface area contributed by atoms with Gasteiger partial charge in [0.1, 0.15) is 41.0 Å². The van der Waals surface area contributed by atoms with Crippen LogP contribution in [-0.2, 0) is 4.79 Å². The summed E-state index contributed by atoms with van der Waals surface area (Å²) in [4.78, 5) is 23.6. The van der Waals surface area contributed by atoms with Gasteiger partial charge in [0.05, 0.1) is 11.4 Å². The molecule has 1 amide bonds. The second kappa shape index (κ2) is 9.98. The highest BCUT2D eigenvalue weighted by molar-refractivity contribution is 5.99. The summed E-state index contributed by atoms with van der Waals surface area (Å²) in [5.74, 6) is 1.97. The second-order valence-electron chi connectivity index (χ2n) is 9.77. The van der Waals surface area contributed by atoms with Crippen molar-refractivity contribution in [2.24, 2.45) is 5.92 Å². The normalized spacial score (nSPS) is 17.8. The number of likely N-dealkylation sites (tertiary alicyclic amines) is 1. The predicted octanol–water partition coefficient (Wildman–Crippen LogP) is 4.89. The van der Waals surface area contributed by atoms with Gasteiger partial charge in [-0.05, 0) is 68.0 Å². The third-order valence-electron chi connectivity index (χ3n) is 7.03. The van der Waals surface area contributed by atoms with Crippen LogP contribution in [0.4, 0.5) is 5.82 Å². The highest BCUT2D eigenvalue weighted by Gasteiger charge is 2.31. The number of aromatic nitrogens is 4. The Morgan fingerprint density at radius 1 is 1.05 bits per heavy atom. The molecule has 1 atom stereocenters. The number of carbonyl (C=O) groups excluding carboxylic acids is 1. The van der Waals surface area contributed by atoms with E-state index in [1.54, 1.807) is 4.90 Å². The van der Waals surface area contributed by atoms with Gasteiger partial charge in [-0.2, -0.15) is 10.4 Å². The molecular weight excluding hydrogens is 478 g/mol. The minimum absolute atomic E-state index is 0.0974. The lowest BCUT2D eigenvalue weighted by molar-refractivity contribution is -0.128. The number of rotatable bonds is 6. The third kappa shape index (κ3) is 4.68. The summed E-state index contributed by atoms with van der Waals surface area (Å²) in [7, 11) is 0. The largest absolute Gasteiger partial charge is 0.457 e. The number of allylic oxidation sites excluding steroid dienone is 1. The molecule has 0 radical (unpaired) electrons. The van der Waals surface area contributed by atoms with E-state index in [0.717, 1.165) is 37.0 Å². The van der Waals surface area contributed by atoms with E-state index >= 15 is 0 Å². The summed E-state index contributed by atoms with van der Waals surface area (Å²) in [6.07, 6.45) is 7.00. The maximum absolute atomic E-state index is 13.1. The molecule has 190 valence electrons. The Balaban J connectivity index is 1.30. The Bertz CT molecular complexity index is 1550. The molecule has 2 aromatic carbocycles. The molecule has 6 rings (SSSR count). The van der Waals surface area contributed by atoms with Crippen LogP contribution in [0.3, 0.4) is 0 Å². The number of carbonyl (C=O) groups is 1. The number of piperidine rings is 1. The van der Waals surface area contributed by atoms with Gasteiger partial charge in [-0.1, -0.05) is 24.3 Å². The number of fused-ring (bicyclic) bond motifs is 1. The number of hydrogen-bond acceptors (Lipinski definition) is 7. The smallest absolute Gasteiger partial charge is 0.264 e. The second-order valence-corrected chi connectivity index (χ2v) is 9.77. The van der Waals surface area contributed by atoms with Crippen molar-refractivity contribution >= 4 is 22.8 Å². The third-order valence-corrected chi connectivity index (χ3v) is 7.03. The van der Waals surface area contributed by atoms with Crippen LogP contribution in [0.25, 0.3) is 22.3 Å². The maximum Gasteiger partial charge on any atom is 0.264 e. The van der Waals surface area contributed by atoms with Gasteiger partial charge in [0.25, 0.3) is 5.91 Å². The summed E-state index contributed by atoms with van der Waals surface area (Å²) in [6.45, 7) is 1.07. The Hall–Kier alpha value is -4.71. The lowest BCUT2D eigenvalue weighted by Crippen LogP contribution is -2.41. The van der Waals surface area contributed by atoms with E-state index in [1.165, 1.54) is 6.33 Å². The van der Waals surface area contributed by atoms with Crippen molar-refractivity contribution in [2.45, 2.75) is 31.7 Å². The molecule has 9 heteroatoms. The number of nitrogens with two attached hydrogens (primary N) is 1. The van der Waals surface area contributed by atoms with Crippen LogP contribution in [0.15, 0.2) is 72.6 Å². The van der Waals surface area contributed by atoms with Gasteiger partial charge in [0, 0.05) is 18.7 Å². The first-order valence-electron chi connectivity index (χ1n) is 12.8. The summed E-state index contributed by atoms with van der Waals surface area (Å²) >= 11 is 0. The monoisotopic (exact) mass is 505 g/mol. The zero-order valence-electron chi connectivity index (χ0n) is 20.8. The Kier molecular flexibility index (Phi) is 6.22. The Morgan fingerprint density at radius 3 is 2.55 bits per heavy atom. The first-order valence-corrected chi connectivity index (χ1v) is 12.8. The summed E-state index contributed by atoms with van der Waals surface area (Å²) in [6, 6.07) is 19.3. The van der Waals surface area contributed by atoms with E-state index < -0.39 is 0 Å². The first kappa shape index (κ1) is 23.7. The number of hydrogen-bond donors (Lipinski definition) is 1. The molecule has 9 nitrogen and oxygen atoms in total. The summed E-state index contributed by atoms with van der Waals surface area (Å²) < 4.78 is 7.80. The number of nitrogens with zero attached hydrogens (tertiary/aromatic N) is 6. The molecule has 1 saturated heterocycles. The SMILES string of the molecule is N#C/C(=C\C1CC1)C(=O)N1CCCC(n2nc(-c3ccc(Oc4ccccc4)cc3)c3c(N)ncnc32)C1. The fourth-order valence-electron chi connectivity index (χ4n) is 4.92. The van der Waals surface area contributed by atoms with Gasteiger partial charge in [-0.3, -0.25) is 4.79 Å². The number of amides is 1. The van der Waals surface area contributed by atoms with Gasteiger partial charge in [0.15, 0.2) is 5.65 Å². The molecule has 4 aromatic rings. The van der Waals surface area contributed by atoms with Crippen molar-refractivity contribution in [3.8, 4) is 28.8 Å². The lowest BCUT2D eigenvalue weighted by atomic mass is 10.0. The minimum Gasteiger partial charge on any atom is -0.457 e. The zero-order valence-corrected chi connectivity index (χ0v) is 20.8. The van der Waals surface area contributed by atoms with Crippen molar-refractivity contribution in [2.75, 3.05) is 18.8 Å². The molecule has 1 unspecified atom stereocenters. The zero-order chi connectivity index (χ0) is 26.1. The van der Waals surface area contributed by atoms with Gasteiger partial charge in [-0.15, -0.1) is 0 Å². The van der Waals surface area contributed by atoms with E-state index in [2.05, 4.69) is 16.0 Å². The molecule has 2 fully saturated rings. The molecule has 0 bridgehead atoms. The Morgan fingerprint density at radius 2 is 1.82 bits per heavy atom. The van der Waals surface area contributed by atoms with Crippen molar-refractivity contribution in [1.29, 1.82) is 5.26 Å². The van der Waals surface area contributed by atoms with E-state index in [0.29, 0.717) is 47.3 Å². The fraction of sp³-hybridized carbons (Fsp3) is 0.276. The fourth-order valence-corrected chi connectivity index (χ4v) is 4.92. The number of benzene rings is 2. The van der Waals surface area contributed by atoms with Gasteiger partial charge < -0.3 is 15.4 Å². The Labute approximate surface area is 220 Å². The van der Waals surface area contributed by atoms with Gasteiger partial charge in [-0.25, -0.2) is 14.6 Å². The van der Waals surface area contributed by atoms with Crippen molar-refractivity contribution in [1.82, 2.24) is 24.6 Å². The van der Waals surface area contributed by atoms with Crippen molar-refractivity contribution < 1.29 is 9.53 Å². The van der Waals surface area contributed by atoms with Crippen LogP contribution in [0.5, 0.6) is 11.5 Å². The summed E-state index contributed by atoms with van der Waals surface area (Å²) in [5, 5.41) is 15.2. The first-order chi connectivity index (χ1) is 18.6. The topological polar surface area (TPSA) is 123 Å². The van der Waals surface area contributed by atoms with Crippen LogP contribution in [0.1, 0.15) is 31.7 Å². The van der Waals surface area contributed by atoms with Crippen LogP contribution in [-0.4, -0.2) is 43.6 Å². The number of para-hydroxylation sites is 1. The van der Waals surface area contributed by atoms with Gasteiger partial charge in [0.2, 0.25) is 0 Å². The van der Waals surface area contributed by atoms with Crippen LogP contribution >= 0.6 is 0 Å². The number of anilines is 1. The quantitative estimate of drug-likeness (QED) is 0.292. The molecule has 2 N–H and O–H groups in total. The van der Waals surface area contributed by atoms with E-state index in [4.69, 9.17) is 15.6 Å². The molecule has 1 saturated carbocycles. The average molecular weight is 506 g/mol. The number of ether oxygens (including phenoxy) is 1.